The highest BCUT2D eigenvalue weighted by molar-refractivity contribution is 5.76. The van der Waals surface area contributed by atoms with Crippen LogP contribution in [0.5, 0.6) is 0 Å². The number of aldehydes is 1. The van der Waals surface area contributed by atoms with Crippen LogP contribution in [0.4, 0.5) is 5.69 Å². The quantitative estimate of drug-likeness (QED) is 0.768. The topological polar surface area (TPSA) is 71.3 Å². The molecule has 0 aromatic carbocycles. The number of furan rings is 1. The summed E-state index contributed by atoms with van der Waals surface area (Å²) in [6, 6.07) is -0.404. The van der Waals surface area contributed by atoms with E-state index in [-0.39, 0.29) is 5.91 Å². The Labute approximate surface area is 153 Å². The van der Waals surface area contributed by atoms with Crippen molar-refractivity contribution >= 4 is 30.0 Å². The molecule has 1 unspecified atom stereocenters. The van der Waals surface area contributed by atoms with E-state index in [0.717, 1.165) is 22.6 Å². The molecule has 25 heavy (non-hydrogen) atoms. The van der Waals surface area contributed by atoms with Gasteiger partial charge in [-0.1, -0.05) is 47.6 Å². The van der Waals surface area contributed by atoms with Gasteiger partial charge in [-0.05, 0) is 26.3 Å². The summed E-state index contributed by atoms with van der Waals surface area (Å²) in [7, 11) is 1.58. The highest BCUT2D eigenvalue weighted by Gasteiger charge is 2.11. The normalized spacial score (nSPS) is 11.6. The van der Waals surface area contributed by atoms with Gasteiger partial charge in [0.05, 0.1) is 11.7 Å². The lowest BCUT2D eigenvalue weighted by Gasteiger charge is -2.11. The van der Waals surface area contributed by atoms with Gasteiger partial charge >= 0.3 is 0 Å². The maximum absolute atomic E-state index is 11.2. The van der Waals surface area contributed by atoms with Gasteiger partial charge in [-0.25, -0.2) is 0 Å². The summed E-state index contributed by atoms with van der Waals surface area (Å²) in [6.07, 6.45) is 6.93. The van der Waals surface area contributed by atoms with Gasteiger partial charge < -0.3 is 19.8 Å². The minimum absolute atomic E-state index is 0.0781. The van der Waals surface area contributed by atoms with Gasteiger partial charge in [0, 0.05) is 18.7 Å². The molecule has 0 aliphatic carbocycles. The zero-order valence-corrected chi connectivity index (χ0v) is 17.5. The number of amides is 1. The van der Waals surface area contributed by atoms with Gasteiger partial charge in [-0.3, -0.25) is 4.79 Å². The fourth-order valence-corrected chi connectivity index (χ4v) is 1.80. The molecule has 1 aromatic heterocycles. The Morgan fingerprint density at radius 2 is 1.68 bits per heavy atom. The third kappa shape index (κ3) is 11.2. The van der Waals surface area contributed by atoms with Crippen molar-refractivity contribution < 1.29 is 14.0 Å². The Morgan fingerprint density at radius 3 is 2.08 bits per heavy atom. The van der Waals surface area contributed by atoms with Crippen molar-refractivity contribution in [3.8, 4) is 0 Å². The van der Waals surface area contributed by atoms with Crippen molar-refractivity contribution in [3.05, 3.63) is 16.9 Å². The second kappa shape index (κ2) is 20.0. The first-order valence-electron chi connectivity index (χ1n) is 9.28. The van der Waals surface area contributed by atoms with Crippen LogP contribution in [-0.4, -0.2) is 25.3 Å². The molecule has 5 heteroatoms. The van der Waals surface area contributed by atoms with E-state index in [1.807, 2.05) is 67.5 Å². The molecule has 1 heterocycles. The molecule has 1 atom stereocenters. The van der Waals surface area contributed by atoms with Crippen molar-refractivity contribution in [2.24, 2.45) is 0 Å². The summed E-state index contributed by atoms with van der Waals surface area (Å²) in [5.74, 6) is -0.0781. The molecule has 146 valence electrons. The summed E-state index contributed by atoms with van der Waals surface area (Å²) in [6.45, 7) is 15.8. The van der Waals surface area contributed by atoms with Crippen LogP contribution in [0, 0.1) is 0 Å². The van der Waals surface area contributed by atoms with Crippen LogP contribution in [0.1, 0.15) is 68.2 Å². The molecule has 0 spiro atoms. The molecule has 2 N–H and O–H groups in total. The standard InChI is InChI=1S/C14H20N2O3.3C2H6/c1-4-11-12(9-19-13(11)5-2)16-10(8-17)6-7-14(18)15-3;3*1-2/h4-5,8-10,16H,6-7H2,1-3H3,(H,15,18);3*1-2H3/b11-4-,13-5+;;;. The van der Waals surface area contributed by atoms with Gasteiger partial charge in [0.1, 0.15) is 18.0 Å². The van der Waals surface area contributed by atoms with Gasteiger partial charge in [-0.15, -0.1) is 0 Å². The van der Waals surface area contributed by atoms with Crippen LogP contribution in [0.15, 0.2) is 10.7 Å². The minimum atomic E-state index is -0.404. The lowest BCUT2D eigenvalue weighted by molar-refractivity contribution is -0.120. The van der Waals surface area contributed by atoms with Crippen LogP contribution < -0.4 is 21.3 Å². The van der Waals surface area contributed by atoms with E-state index < -0.39 is 6.04 Å². The van der Waals surface area contributed by atoms with E-state index in [1.54, 1.807) is 13.3 Å². The predicted octanol–water partition coefficient (Wildman–Crippen LogP) is 3.46. The van der Waals surface area contributed by atoms with E-state index in [9.17, 15) is 9.59 Å². The molecule has 0 saturated carbocycles. The average molecular weight is 355 g/mol. The highest BCUT2D eigenvalue weighted by Crippen LogP contribution is 2.04. The van der Waals surface area contributed by atoms with Crippen molar-refractivity contribution in [2.75, 3.05) is 12.4 Å². The predicted molar refractivity (Wildman–Crippen MR) is 109 cm³/mol. The third-order valence-corrected chi connectivity index (χ3v) is 2.88. The van der Waals surface area contributed by atoms with E-state index in [4.69, 9.17) is 4.42 Å². The zero-order chi connectivity index (χ0) is 20.3. The lowest BCUT2D eigenvalue weighted by atomic mass is 10.1. The molecule has 1 amide bonds. The Morgan fingerprint density at radius 1 is 1.12 bits per heavy atom. The monoisotopic (exact) mass is 354 g/mol. The van der Waals surface area contributed by atoms with Gasteiger partial charge in [0.2, 0.25) is 5.91 Å². The van der Waals surface area contributed by atoms with E-state index >= 15 is 0 Å². The molecule has 0 bridgehead atoms. The molecule has 0 aliphatic rings. The average Bonchev–Trinajstić information content (AvgIpc) is 3.10. The van der Waals surface area contributed by atoms with Crippen LogP contribution in [0.3, 0.4) is 0 Å². The molecular formula is C20H38N2O3. The van der Waals surface area contributed by atoms with E-state index in [0.29, 0.717) is 12.8 Å². The number of carbonyl (C=O) groups excluding carboxylic acids is 2. The van der Waals surface area contributed by atoms with Crippen LogP contribution >= 0.6 is 0 Å². The summed E-state index contributed by atoms with van der Waals surface area (Å²) < 4.78 is 5.38. The number of carbonyl (C=O) groups is 2. The number of hydrogen-bond donors (Lipinski definition) is 2. The van der Waals surface area contributed by atoms with Gasteiger partial charge in [-0.2, -0.15) is 0 Å². The Balaban J connectivity index is -0.000000725. The summed E-state index contributed by atoms with van der Waals surface area (Å²) >= 11 is 0. The SMILES string of the molecule is C/C=c1/c(NC(C=O)CCC(=O)NC)co/c1=C/C.CC.CC.CC. The minimum Gasteiger partial charge on any atom is -0.462 e. The van der Waals surface area contributed by atoms with Crippen molar-refractivity contribution in [1.82, 2.24) is 5.32 Å². The molecule has 5 nitrogen and oxygen atoms in total. The van der Waals surface area contributed by atoms with Crippen molar-refractivity contribution in [3.63, 3.8) is 0 Å². The van der Waals surface area contributed by atoms with E-state index in [1.165, 1.54) is 0 Å². The van der Waals surface area contributed by atoms with Gasteiger partial charge in [0.15, 0.2) is 0 Å². The molecule has 0 radical (unpaired) electrons. The molecule has 1 aromatic rings. The molecule has 0 aliphatic heterocycles. The summed E-state index contributed by atoms with van der Waals surface area (Å²) in [4.78, 5) is 22.2. The molecule has 0 saturated heterocycles. The van der Waals surface area contributed by atoms with E-state index in [2.05, 4.69) is 10.6 Å². The van der Waals surface area contributed by atoms with Gasteiger partial charge in [0.25, 0.3) is 0 Å². The van der Waals surface area contributed by atoms with Crippen LogP contribution in [-0.2, 0) is 9.59 Å². The molecular weight excluding hydrogens is 316 g/mol. The number of rotatable bonds is 6. The summed E-state index contributed by atoms with van der Waals surface area (Å²) in [5, 5.41) is 6.55. The lowest BCUT2D eigenvalue weighted by Crippen LogP contribution is -2.29. The highest BCUT2D eigenvalue weighted by atomic mass is 16.3. The number of nitrogens with one attached hydrogen (secondary N) is 2. The molecule has 1 rings (SSSR count). The maximum Gasteiger partial charge on any atom is 0.219 e. The van der Waals surface area contributed by atoms with Crippen LogP contribution in [0.25, 0.3) is 12.2 Å². The number of anilines is 1. The van der Waals surface area contributed by atoms with Crippen molar-refractivity contribution in [2.45, 2.75) is 74.3 Å². The smallest absolute Gasteiger partial charge is 0.219 e. The Kier molecular flexibility index (Phi) is 22.2. The first-order chi connectivity index (χ1) is 12.2. The summed E-state index contributed by atoms with van der Waals surface area (Å²) in [5.41, 5.74) is 1.53. The number of hydrogen-bond acceptors (Lipinski definition) is 4. The zero-order valence-electron chi connectivity index (χ0n) is 17.5. The Hall–Kier alpha value is -2.04. The molecule has 0 fully saturated rings. The second-order valence-corrected chi connectivity index (χ2v) is 4.10. The van der Waals surface area contributed by atoms with Crippen molar-refractivity contribution in [1.29, 1.82) is 0 Å². The first-order valence-corrected chi connectivity index (χ1v) is 9.28. The first kappa shape index (κ1) is 27.8. The maximum atomic E-state index is 11.2. The fourth-order valence-electron chi connectivity index (χ4n) is 1.80. The Bertz CT molecular complexity index is 548. The largest absolute Gasteiger partial charge is 0.462 e. The van der Waals surface area contributed by atoms with Crippen LogP contribution in [0.2, 0.25) is 0 Å². The third-order valence-electron chi connectivity index (χ3n) is 2.88. The second-order valence-electron chi connectivity index (χ2n) is 4.10. The fraction of sp³-hybridized carbons (Fsp3) is 0.600.